The molecule has 2 rings (SSSR count). The van der Waals surface area contributed by atoms with E-state index in [-0.39, 0.29) is 0 Å². The molecule has 1 fully saturated rings. The second kappa shape index (κ2) is 7.94. The largest absolute Gasteiger partial charge is 0.494 e. The van der Waals surface area contributed by atoms with E-state index in [0.717, 1.165) is 17.6 Å². The molecule has 0 saturated heterocycles. The molecule has 1 aliphatic rings. The van der Waals surface area contributed by atoms with Crippen molar-refractivity contribution in [1.82, 2.24) is 5.32 Å². The average Bonchev–Trinajstić information content (AvgIpc) is 2.87. The highest BCUT2D eigenvalue weighted by Crippen LogP contribution is 2.33. The molecule has 1 saturated carbocycles. The zero-order chi connectivity index (χ0) is 14.4. The highest BCUT2D eigenvalue weighted by molar-refractivity contribution is 7.99. The first-order chi connectivity index (χ1) is 9.76. The van der Waals surface area contributed by atoms with Crippen molar-refractivity contribution in [3.05, 3.63) is 29.8 Å². The van der Waals surface area contributed by atoms with E-state index >= 15 is 0 Å². The Labute approximate surface area is 127 Å². The Morgan fingerprint density at radius 2 is 2.10 bits per heavy atom. The number of rotatable bonds is 7. The lowest BCUT2D eigenvalue weighted by Crippen LogP contribution is -2.36. The Bertz CT molecular complexity index is 410. The van der Waals surface area contributed by atoms with Gasteiger partial charge in [0.15, 0.2) is 0 Å². The first-order valence-corrected chi connectivity index (χ1v) is 8.90. The molecule has 0 bridgehead atoms. The predicted molar refractivity (Wildman–Crippen MR) is 88.7 cm³/mol. The average molecular weight is 293 g/mol. The van der Waals surface area contributed by atoms with E-state index in [1.54, 1.807) is 0 Å². The van der Waals surface area contributed by atoms with E-state index in [0.29, 0.717) is 12.1 Å². The lowest BCUT2D eigenvalue weighted by Gasteiger charge is -2.26. The second-order valence-electron chi connectivity index (χ2n) is 5.39. The minimum Gasteiger partial charge on any atom is -0.494 e. The summed E-state index contributed by atoms with van der Waals surface area (Å²) in [5, 5.41) is 4.61. The molecule has 3 unspecified atom stereocenters. The number of nitrogens with one attached hydrogen (secondary N) is 1. The Balaban J connectivity index is 2.02. The summed E-state index contributed by atoms with van der Waals surface area (Å²) in [6.45, 7) is 7.28. The van der Waals surface area contributed by atoms with E-state index in [1.807, 2.05) is 13.0 Å². The molecule has 112 valence electrons. The van der Waals surface area contributed by atoms with Crippen LogP contribution in [0.5, 0.6) is 5.75 Å². The molecule has 0 spiro atoms. The van der Waals surface area contributed by atoms with Crippen molar-refractivity contribution >= 4 is 11.8 Å². The molecule has 1 aromatic rings. The third-order valence-corrected chi connectivity index (χ3v) is 5.31. The maximum Gasteiger partial charge on any atom is 0.124 e. The van der Waals surface area contributed by atoms with Crippen molar-refractivity contribution in [3.8, 4) is 5.75 Å². The number of hydrogen-bond donors (Lipinski definition) is 1. The van der Waals surface area contributed by atoms with Crippen LogP contribution in [0.25, 0.3) is 0 Å². The van der Waals surface area contributed by atoms with E-state index in [1.165, 1.54) is 30.6 Å². The van der Waals surface area contributed by atoms with Gasteiger partial charge in [0.05, 0.1) is 6.61 Å². The predicted octanol–water partition coefficient (Wildman–Crippen LogP) is 4.41. The van der Waals surface area contributed by atoms with Crippen LogP contribution < -0.4 is 10.1 Å². The highest BCUT2D eigenvalue weighted by Gasteiger charge is 2.28. The van der Waals surface area contributed by atoms with Gasteiger partial charge in [-0.3, -0.25) is 0 Å². The zero-order valence-corrected chi connectivity index (χ0v) is 13.7. The Hall–Kier alpha value is -0.670. The van der Waals surface area contributed by atoms with Gasteiger partial charge in [0, 0.05) is 22.9 Å². The Morgan fingerprint density at radius 1 is 1.30 bits per heavy atom. The lowest BCUT2D eigenvalue weighted by molar-refractivity contribution is 0.330. The van der Waals surface area contributed by atoms with Gasteiger partial charge in [-0.05, 0) is 38.5 Å². The Kier molecular flexibility index (Phi) is 6.24. The van der Waals surface area contributed by atoms with Crippen molar-refractivity contribution in [2.24, 2.45) is 0 Å². The molecule has 0 aliphatic heterocycles. The van der Waals surface area contributed by atoms with Gasteiger partial charge in [-0.1, -0.05) is 31.5 Å². The molecular formula is C17H27NOS. The van der Waals surface area contributed by atoms with Crippen molar-refractivity contribution < 1.29 is 4.74 Å². The summed E-state index contributed by atoms with van der Waals surface area (Å²) < 4.78 is 5.75. The smallest absolute Gasteiger partial charge is 0.124 e. The molecule has 1 N–H and O–H groups in total. The van der Waals surface area contributed by atoms with E-state index in [9.17, 15) is 0 Å². The standard InChI is InChI=1S/C17H27NOS/c1-4-19-16-11-7-6-9-14(16)13(3)18-15-10-8-12-17(15)20-5-2/h6-7,9,11,13,15,17-18H,4-5,8,10,12H2,1-3H3. The van der Waals surface area contributed by atoms with Gasteiger partial charge in [0.25, 0.3) is 0 Å². The van der Waals surface area contributed by atoms with Gasteiger partial charge >= 0.3 is 0 Å². The topological polar surface area (TPSA) is 21.3 Å². The molecule has 0 heterocycles. The van der Waals surface area contributed by atoms with Crippen LogP contribution in [0.15, 0.2) is 24.3 Å². The number of para-hydroxylation sites is 1. The Morgan fingerprint density at radius 3 is 2.85 bits per heavy atom. The van der Waals surface area contributed by atoms with Gasteiger partial charge < -0.3 is 10.1 Å². The highest BCUT2D eigenvalue weighted by atomic mass is 32.2. The summed E-state index contributed by atoms with van der Waals surface area (Å²) in [4.78, 5) is 0. The summed E-state index contributed by atoms with van der Waals surface area (Å²) in [6, 6.07) is 9.39. The molecular weight excluding hydrogens is 266 g/mol. The van der Waals surface area contributed by atoms with Gasteiger partial charge in [-0.25, -0.2) is 0 Å². The molecule has 0 aromatic heterocycles. The fourth-order valence-corrected chi connectivity index (χ4v) is 4.27. The van der Waals surface area contributed by atoms with Gasteiger partial charge in [0.2, 0.25) is 0 Å². The van der Waals surface area contributed by atoms with E-state index < -0.39 is 0 Å². The third-order valence-electron chi connectivity index (χ3n) is 3.98. The maximum atomic E-state index is 5.75. The minimum absolute atomic E-state index is 0.348. The summed E-state index contributed by atoms with van der Waals surface area (Å²) in [7, 11) is 0. The fourth-order valence-electron chi connectivity index (χ4n) is 3.07. The van der Waals surface area contributed by atoms with Crippen LogP contribution in [0.2, 0.25) is 0 Å². The number of benzene rings is 1. The lowest BCUT2D eigenvalue weighted by atomic mass is 10.1. The van der Waals surface area contributed by atoms with Crippen LogP contribution in [0, 0.1) is 0 Å². The second-order valence-corrected chi connectivity index (χ2v) is 6.91. The van der Waals surface area contributed by atoms with Crippen LogP contribution in [0.1, 0.15) is 51.6 Å². The number of thioether (sulfide) groups is 1. The van der Waals surface area contributed by atoms with Gasteiger partial charge in [-0.2, -0.15) is 11.8 Å². The molecule has 0 amide bonds. The van der Waals surface area contributed by atoms with Crippen LogP contribution >= 0.6 is 11.8 Å². The third kappa shape index (κ3) is 3.92. The normalized spacial score (nSPS) is 23.8. The fraction of sp³-hybridized carbons (Fsp3) is 0.647. The van der Waals surface area contributed by atoms with Crippen LogP contribution in [-0.4, -0.2) is 23.7 Å². The molecule has 1 aromatic carbocycles. The van der Waals surface area contributed by atoms with Gasteiger partial charge in [0.1, 0.15) is 5.75 Å². The summed E-state index contributed by atoms with van der Waals surface area (Å²) >= 11 is 2.10. The molecule has 3 heteroatoms. The van der Waals surface area contributed by atoms with Crippen LogP contribution in [0.3, 0.4) is 0 Å². The quantitative estimate of drug-likeness (QED) is 0.804. The van der Waals surface area contributed by atoms with E-state index in [2.05, 4.69) is 49.1 Å². The summed E-state index contributed by atoms with van der Waals surface area (Å²) in [6.07, 6.45) is 4.02. The molecule has 1 aliphatic carbocycles. The molecule has 2 nitrogen and oxygen atoms in total. The van der Waals surface area contributed by atoms with Crippen molar-refractivity contribution in [1.29, 1.82) is 0 Å². The van der Waals surface area contributed by atoms with Gasteiger partial charge in [-0.15, -0.1) is 0 Å². The summed E-state index contributed by atoms with van der Waals surface area (Å²) in [5.74, 6) is 2.24. The number of ether oxygens (including phenoxy) is 1. The van der Waals surface area contributed by atoms with Crippen molar-refractivity contribution in [2.75, 3.05) is 12.4 Å². The first-order valence-electron chi connectivity index (χ1n) is 7.85. The van der Waals surface area contributed by atoms with Crippen molar-refractivity contribution in [2.45, 2.75) is 57.4 Å². The monoisotopic (exact) mass is 293 g/mol. The number of hydrogen-bond acceptors (Lipinski definition) is 3. The first kappa shape index (κ1) is 15.7. The molecule has 0 radical (unpaired) electrons. The van der Waals surface area contributed by atoms with Crippen molar-refractivity contribution in [3.63, 3.8) is 0 Å². The van der Waals surface area contributed by atoms with E-state index in [4.69, 9.17) is 4.74 Å². The summed E-state index contributed by atoms with van der Waals surface area (Å²) in [5.41, 5.74) is 1.28. The molecule has 3 atom stereocenters. The van der Waals surface area contributed by atoms with Crippen LogP contribution in [0.4, 0.5) is 0 Å². The minimum atomic E-state index is 0.348. The molecule has 20 heavy (non-hydrogen) atoms. The SMILES string of the molecule is CCOc1ccccc1C(C)NC1CCCC1SCC. The zero-order valence-electron chi connectivity index (χ0n) is 12.9. The van der Waals surface area contributed by atoms with Crippen LogP contribution in [-0.2, 0) is 0 Å². The maximum absolute atomic E-state index is 5.75.